The Bertz CT molecular complexity index is 1560. The highest BCUT2D eigenvalue weighted by atomic mass is 15.5. The van der Waals surface area contributed by atoms with Gasteiger partial charge < -0.3 is 9.80 Å². The van der Waals surface area contributed by atoms with Crippen LogP contribution in [-0.4, -0.2) is 42.9 Å². The minimum absolute atomic E-state index is 0.0743. The molecule has 3 aromatic carbocycles. The first-order chi connectivity index (χ1) is 20.5. The highest BCUT2D eigenvalue weighted by Gasteiger charge is 2.26. The normalized spacial score (nSPS) is 15.5. The van der Waals surface area contributed by atoms with E-state index in [0.717, 1.165) is 55.0 Å². The number of anilines is 3. The Morgan fingerprint density at radius 2 is 1.40 bits per heavy atom. The lowest BCUT2D eigenvalue weighted by atomic mass is 10.0. The van der Waals surface area contributed by atoms with Crippen LogP contribution in [0, 0.1) is 0 Å². The number of hydrazone groups is 1. The summed E-state index contributed by atoms with van der Waals surface area (Å²) in [6.45, 7) is 15.0. The Balaban J connectivity index is 1.42. The molecule has 42 heavy (non-hydrogen) atoms. The molecule has 4 aromatic rings. The molecule has 0 saturated heterocycles. The third-order valence-electron chi connectivity index (χ3n) is 8.15. The van der Waals surface area contributed by atoms with Crippen LogP contribution in [0.15, 0.2) is 102 Å². The molecular formula is C37H43N5. The number of aromatic nitrogens is 1. The summed E-state index contributed by atoms with van der Waals surface area (Å²) < 4.78 is 0. The molecule has 5 rings (SSSR count). The second kappa shape index (κ2) is 13.5. The fraction of sp³-hybridized carbons (Fsp3) is 0.297. The van der Waals surface area contributed by atoms with E-state index in [-0.39, 0.29) is 6.04 Å². The Morgan fingerprint density at radius 1 is 0.786 bits per heavy atom. The maximum Gasteiger partial charge on any atom is 0.150 e. The second-order valence-corrected chi connectivity index (χ2v) is 10.7. The molecule has 0 fully saturated rings. The zero-order valence-electron chi connectivity index (χ0n) is 25.7. The Labute approximate surface area is 251 Å². The highest BCUT2D eigenvalue weighted by molar-refractivity contribution is 6.03. The maximum atomic E-state index is 5.10. The number of allylic oxidation sites excluding steroid dienone is 2. The first-order valence-corrected chi connectivity index (χ1v) is 15.3. The van der Waals surface area contributed by atoms with Crippen molar-refractivity contribution in [2.75, 3.05) is 41.0 Å². The van der Waals surface area contributed by atoms with E-state index in [1.54, 1.807) is 0 Å². The third-order valence-corrected chi connectivity index (χ3v) is 8.15. The molecule has 1 aliphatic heterocycles. The van der Waals surface area contributed by atoms with E-state index in [9.17, 15) is 0 Å². The van der Waals surface area contributed by atoms with E-state index in [4.69, 9.17) is 10.1 Å². The zero-order valence-corrected chi connectivity index (χ0v) is 25.7. The van der Waals surface area contributed by atoms with Gasteiger partial charge in [-0.3, -0.25) is 0 Å². The minimum Gasteiger partial charge on any atom is -0.372 e. The van der Waals surface area contributed by atoms with E-state index >= 15 is 0 Å². The lowest BCUT2D eigenvalue weighted by molar-refractivity contribution is 0.779. The smallest absolute Gasteiger partial charge is 0.150 e. The number of pyridine rings is 1. The average molecular weight is 558 g/mol. The molecule has 0 amide bonds. The quantitative estimate of drug-likeness (QED) is 0.185. The predicted octanol–water partition coefficient (Wildman–Crippen LogP) is 8.68. The summed E-state index contributed by atoms with van der Waals surface area (Å²) >= 11 is 0. The van der Waals surface area contributed by atoms with Crippen molar-refractivity contribution >= 4 is 45.5 Å². The molecule has 1 unspecified atom stereocenters. The van der Waals surface area contributed by atoms with Crippen molar-refractivity contribution in [3.8, 4) is 0 Å². The van der Waals surface area contributed by atoms with Gasteiger partial charge in [0.05, 0.1) is 17.3 Å². The third kappa shape index (κ3) is 6.57. The number of hydrogen-bond acceptors (Lipinski definition) is 5. The molecule has 1 aliphatic rings. The molecule has 1 aromatic heterocycles. The summed E-state index contributed by atoms with van der Waals surface area (Å²) in [5.41, 5.74) is 8.18. The van der Waals surface area contributed by atoms with Crippen molar-refractivity contribution in [3.63, 3.8) is 0 Å². The van der Waals surface area contributed by atoms with Crippen LogP contribution in [-0.2, 0) is 0 Å². The average Bonchev–Trinajstić information content (AvgIpc) is 3.44. The van der Waals surface area contributed by atoms with Gasteiger partial charge in [0.1, 0.15) is 5.82 Å². The molecule has 5 nitrogen and oxygen atoms in total. The van der Waals surface area contributed by atoms with Crippen molar-refractivity contribution in [3.05, 3.63) is 108 Å². The molecule has 0 aliphatic carbocycles. The van der Waals surface area contributed by atoms with E-state index < -0.39 is 0 Å². The fourth-order valence-corrected chi connectivity index (χ4v) is 5.66. The topological polar surface area (TPSA) is 35.0 Å². The van der Waals surface area contributed by atoms with E-state index in [0.29, 0.717) is 0 Å². The van der Waals surface area contributed by atoms with Gasteiger partial charge >= 0.3 is 0 Å². The van der Waals surface area contributed by atoms with Crippen LogP contribution < -0.4 is 14.8 Å². The molecular weight excluding hydrogens is 514 g/mol. The summed E-state index contributed by atoms with van der Waals surface area (Å²) in [6, 6.07) is 30.2. The van der Waals surface area contributed by atoms with Gasteiger partial charge in [-0.25, -0.2) is 9.99 Å². The van der Waals surface area contributed by atoms with E-state index in [2.05, 4.69) is 147 Å². The van der Waals surface area contributed by atoms with Gasteiger partial charge in [-0.1, -0.05) is 54.6 Å². The fourth-order valence-electron chi connectivity index (χ4n) is 5.66. The van der Waals surface area contributed by atoms with Gasteiger partial charge in [0.25, 0.3) is 0 Å². The monoisotopic (exact) mass is 557 g/mol. The number of benzene rings is 3. The first-order valence-electron chi connectivity index (χ1n) is 15.3. The SMILES string of the molecule is CCN(CC)c1ccc(C=CC2CC(C=C(C)c3ccc(N(CC)CC)cc3)=NN2c2ccc3ccccc3n2)cc1. The Hall–Kier alpha value is -4.38. The van der Waals surface area contributed by atoms with Crippen LogP contribution in [0.5, 0.6) is 0 Å². The van der Waals surface area contributed by atoms with Crippen LogP contribution in [0.2, 0.25) is 0 Å². The molecule has 0 saturated carbocycles. The van der Waals surface area contributed by atoms with Crippen molar-refractivity contribution < 1.29 is 0 Å². The second-order valence-electron chi connectivity index (χ2n) is 10.7. The van der Waals surface area contributed by atoms with Crippen LogP contribution in [0.25, 0.3) is 22.6 Å². The summed E-state index contributed by atoms with van der Waals surface area (Å²) in [5, 5.41) is 8.31. The summed E-state index contributed by atoms with van der Waals surface area (Å²) in [7, 11) is 0. The highest BCUT2D eigenvalue weighted by Crippen LogP contribution is 2.29. The lowest BCUT2D eigenvalue weighted by Gasteiger charge is -2.21. The van der Waals surface area contributed by atoms with Crippen LogP contribution in [0.3, 0.4) is 0 Å². The first kappa shape index (κ1) is 29.1. The molecule has 216 valence electrons. The largest absolute Gasteiger partial charge is 0.372 e. The standard InChI is InChI=1S/C37H43N5/c1-6-40(7-2)33-20-14-29(15-21-33)16-22-35-27-32(26-28(5)30-17-23-34(24-18-30)41(8-3)9-4)39-42(35)37-25-19-31-12-10-11-13-36(31)38-37/h10-26,35H,6-9,27H2,1-5H3. The number of rotatable bonds is 11. The predicted molar refractivity (Wildman–Crippen MR) is 183 cm³/mol. The number of fused-ring (bicyclic) bond motifs is 1. The summed E-state index contributed by atoms with van der Waals surface area (Å²) in [6.07, 6.45) is 7.53. The van der Waals surface area contributed by atoms with Crippen LogP contribution in [0.4, 0.5) is 17.2 Å². The number of para-hydroxylation sites is 1. The van der Waals surface area contributed by atoms with Gasteiger partial charge in [-0.05, 0) is 99.9 Å². The summed E-state index contributed by atoms with van der Waals surface area (Å²) in [4.78, 5) is 9.71. The minimum atomic E-state index is 0.0743. The molecule has 0 N–H and O–H groups in total. The molecule has 0 radical (unpaired) electrons. The molecule has 2 heterocycles. The number of hydrogen-bond donors (Lipinski definition) is 0. The maximum absolute atomic E-state index is 5.10. The Morgan fingerprint density at radius 3 is 2.05 bits per heavy atom. The van der Waals surface area contributed by atoms with E-state index in [1.807, 2.05) is 6.07 Å². The number of nitrogens with zero attached hydrogens (tertiary/aromatic N) is 5. The van der Waals surface area contributed by atoms with Crippen molar-refractivity contribution in [1.29, 1.82) is 0 Å². The van der Waals surface area contributed by atoms with E-state index in [1.165, 1.54) is 28.1 Å². The van der Waals surface area contributed by atoms with Gasteiger partial charge in [-0.15, -0.1) is 0 Å². The van der Waals surface area contributed by atoms with Crippen LogP contribution >= 0.6 is 0 Å². The van der Waals surface area contributed by atoms with Crippen molar-refractivity contribution in [2.24, 2.45) is 5.10 Å². The van der Waals surface area contributed by atoms with Gasteiger partial charge in [0, 0.05) is 49.4 Å². The van der Waals surface area contributed by atoms with Gasteiger partial charge in [0.2, 0.25) is 0 Å². The van der Waals surface area contributed by atoms with Crippen molar-refractivity contribution in [2.45, 2.75) is 47.1 Å². The zero-order chi connectivity index (χ0) is 29.5. The summed E-state index contributed by atoms with van der Waals surface area (Å²) in [5.74, 6) is 0.866. The van der Waals surface area contributed by atoms with Gasteiger partial charge in [0.15, 0.2) is 0 Å². The van der Waals surface area contributed by atoms with Crippen molar-refractivity contribution in [1.82, 2.24) is 4.98 Å². The molecule has 5 heteroatoms. The van der Waals surface area contributed by atoms with Crippen LogP contribution in [0.1, 0.15) is 52.2 Å². The van der Waals surface area contributed by atoms with Gasteiger partial charge in [-0.2, -0.15) is 5.10 Å². The lowest BCUT2D eigenvalue weighted by Crippen LogP contribution is -2.24. The Kier molecular flexibility index (Phi) is 9.38. The molecule has 1 atom stereocenters. The molecule has 0 bridgehead atoms. The molecule has 0 spiro atoms.